The van der Waals surface area contributed by atoms with E-state index < -0.39 is 12.0 Å². The summed E-state index contributed by atoms with van der Waals surface area (Å²) < 4.78 is 0. The van der Waals surface area contributed by atoms with Gasteiger partial charge in [0.25, 0.3) is 0 Å². The lowest BCUT2D eigenvalue weighted by Gasteiger charge is -2.13. The van der Waals surface area contributed by atoms with Crippen LogP contribution in [0.15, 0.2) is 0 Å². The van der Waals surface area contributed by atoms with Crippen LogP contribution in [-0.2, 0) is 4.79 Å². The third-order valence-corrected chi connectivity index (χ3v) is 1.47. The Morgan fingerprint density at radius 2 is 2.11 bits per heavy atom. The van der Waals surface area contributed by atoms with Crippen molar-refractivity contribution in [3.63, 3.8) is 0 Å². The van der Waals surface area contributed by atoms with Crippen LogP contribution in [0.3, 0.4) is 0 Å². The fourth-order valence-corrected chi connectivity index (χ4v) is 1.08. The molecule has 0 radical (unpaired) electrons. The van der Waals surface area contributed by atoms with Gasteiger partial charge >= 0.3 is 5.97 Å². The molecule has 0 aliphatic carbocycles. The second-order valence-electron chi connectivity index (χ2n) is 2.23. The van der Waals surface area contributed by atoms with Crippen molar-refractivity contribution in [1.29, 1.82) is 0 Å². The molecule has 0 rings (SSSR count). The maximum Gasteiger partial charge on any atom is 0.321 e. The van der Waals surface area contributed by atoms with Crippen LogP contribution in [0.4, 0.5) is 0 Å². The van der Waals surface area contributed by atoms with Crippen LogP contribution in [0, 0.1) is 5.92 Å². The zero-order valence-corrected chi connectivity index (χ0v) is 6.74. The minimum Gasteiger partial charge on any atom is -0.480 e. The van der Waals surface area contributed by atoms with Crippen LogP contribution in [0.25, 0.3) is 0 Å². The minimum atomic E-state index is -0.806. The van der Waals surface area contributed by atoms with Gasteiger partial charge in [0.15, 0.2) is 0 Å². The number of carboxylic acids is 1. The first-order chi connectivity index (χ1) is 4.09. The molecule has 9 heavy (non-hydrogen) atoms. The first kappa shape index (κ1) is 8.86. The van der Waals surface area contributed by atoms with E-state index in [1.807, 2.05) is 13.8 Å². The Kier molecular flexibility index (Phi) is 3.75. The van der Waals surface area contributed by atoms with E-state index in [4.69, 9.17) is 5.11 Å². The number of nitrogens with one attached hydrogen (secondary N) is 1. The summed E-state index contributed by atoms with van der Waals surface area (Å²) in [5, 5.41) is 11.1. The highest BCUT2D eigenvalue weighted by Crippen LogP contribution is 2.02. The molecule has 2 atom stereocenters. The number of rotatable bonds is 3. The van der Waals surface area contributed by atoms with E-state index in [-0.39, 0.29) is 5.92 Å². The largest absolute Gasteiger partial charge is 0.480 e. The van der Waals surface area contributed by atoms with Gasteiger partial charge in [-0.15, -0.1) is 0 Å². The van der Waals surface area contributed by atoms with Gasteiger partial charge in [-0.25, -0.2) is 0 Å². The highest BCUT2D eigenvalue weighted by molar-refractivity contribution is 7.13. The van der Waals surface area contributed by atoms with Gasteiger partial charge < -0.3 is 5.11 Å². The molecule has 0 bridgehead atoms. The lowest BCUT2D eigenvalue weighted by Crippen LogP contribution is -2.35. The number of carboxylic acid groups (broad SMARTS) is 1. The summed E-state index contributed by atoms with van der Waals surface area (Å²) in [7, 11) is 2.20. The van der Waals surface area contributed by atoms with E-state index in [1.54, 1.807) is 0 Å². The van der Waals surface area contributed by atoms with Crippen molar-refractivity contribution in [2.45, 2.75) is 19.9 Å². The van der Waals surface area contributed by atoms with Crippen LogP contribution >= 0.6 is 9.39 Å². The van der Waals surface area contributed by atoms with Crippen molar-refractivity contribution in [2.24, 2.45) is 5.92 Å². The molecule has 0 aromatic rings. The molecule has 54 valence electrons. The standard InChI is InChI=1S/C5H12NO2P/c1-3(2)4(6-9)5(7)8/h3-4,6H,9H2,1-2H3,(H,7,8)/t4-/m0/s1. The Bertz CT molecular complexity index is 105. The quantitative estimate of drug-likeness (QED) is 0.573. The Morgan fingerprint density at radius 3 is 2.11 bits per heavy atom. The third kappa shape index (κ3) is 2.78. The van der Waals surface area contributed by atoms with E-state index >= 15 is 0 Å². The fourth-order valence-electron chi connectivity index (χ4n) is 0.549. The normalized spacial score (nSPS) is 13.8. The topological polar surface area (TPSA) is 49.3 Å². The molecule has 0 saturated heterocycles. The molecule has 0 saturated carbocycles. The summed E-state index contributed by atoms with van der Waals surface area (Å²) in [6, 6.07) is -0.449. The highest BCUT2D eigenvalue weighted by Gasteiger charge is 2.17. The average molecular weight is 149 g/mol. The van der Waals surface area contributed by atoms with Crippen molar-refractivity contribution in [3.8, 4) is 0 Å². The van der Waals surface area contributed by atoms with E-state index in [2.05, 4.69) is 14.5 Å². The zero-order chi connectivity index (χ0) is 7.44. The molecule has 4 heteroatoms. The number of hydrogen-bond acceptors (Lipinski definition) is 2. The lowest BCUT2D eigenvalue weighted by atomic mass is 10.1. The summed E-state index contributed by atoms with van der Waals surface area (Å²) in [5.74, 6) is -0.681. The maximum absolute atomic E-state index is 10.3. The number of aliphatic carboxylic acids is 1. The van der Waals surface area contributed by atoms with Crippen LogP contribution in [-0.4, -0.2) is 17.1 Å². The molecule has 2 N–H and O–H groups in total. The monoisotopic (exact) mass is 149 g/mol. The van der Waals surface area contributed by atoms with Gasteiger partial charge in [-0.3, -0.25) is 9.88 Å². The smallest absolute Gasteiger partial charge is 0.321 e. The Morgan fingerprint density at radius 1 is 1.67 bits per heavy atom. The van der Waals surface area contributed by atoms with Crippen molar-refractivity contribution in [1.82, 2.24) is 5.09 Å². The molecule has 0 aliphatic rings. The van der Waals surface area contributed by atoms with Crippen LogP contribution in [0.5, 0.6) is 0 Å². The van der Waals surface area contributed by atoms with Crippen molar-refractivity contribution < 1.29 is 9.90 Å². The maximum atomic E-state index is 10.3. The average Bonchev–Trinajstić information content (AvgIpc) is 1.64. The van der Waals surface area contributed by atoms with Gasteiger partial charge in [-0.1, -0.05) is 23.2 Å². The van der Waals surface area contributed by atoms with E-state index in [0.29, 0.717) is 0 Å². The first-order valence-electron chi connectivity index (χ1n) is 2.78. The van der Waals surface area contributed by atoms with Crippen molar-refractivity contribution >= 4 is 15.4 Å². The summed E-state index contributed by atoms with van der Waals surface area (Å²) in [5.41, 5.74) is 0. The predicted molar refractivity (Wildman–Crippen MR) is 39.1 cm³/mol. The summed E-state index contributed by atoms with van der Waals surface area (Å²) >= 11 is 0. The number of hydrogen-bond donors (Lipinski definition) is 2. The Hall–Kier alpha value is -0.140. The third-order valence-electron chi connectivity index (χ3n) is 1.11. The van der Waals surface area contributed by atoms with Gasteiger partial charge in [0.2, 0.25) is 0 Å². The van der Waals surface area contributed by atoms with Crippen molar-refractivity contribution in [3.05, 3.63) is 0 Å². The van der Waals surface area contributed by atoms with Gasteiger partial charge in [-0.05, 0) is 5.92 Å². The molecule has 0 fully saturated rings. The second-order valence-corrected chi connectivity index (χ2v) is 2.56. The zero-order valence-electron chi connectivity index (χ0n) is 5.59. The molecule has 0 aromatic carbocycles. The molecule has 0 aliphatic heterocycles. The van der Waals surface area contributed by atoms with Gasteiger partial charge in [0, 0.05) is 0 Å². The highest BCUT2D eigenvalue weighted by atomic mass is 31.0. The van der Waals surface area contributed by atoms with Crippen molar-refractivity contribution in [2.75, 3.05) is 0 Å². The second kappa shape index (κ2) is 3.80. The Balaban J connectivity index is 3.83. The molecule has 1 unspecified atom stereocenters. The molecule has 0 heterocycles. The predicted octanol–water partition coefficient (Wildman–Crippen LogP) is 0.475. The van der Waals surface area contributed by atoms with Crippen LogP contribution in [0.2, 0.25) is 0 Å². The summed E-state index contributed by atoms with van der Waals surface area (Å²) in [6.45, 7) is 3.71. The fraction of sp³-hybridized carbons (Fsp3) is 0.800. The molecular formula is C5H12NO2P. The van der Waals surface area contributed by atoms with Gasteiger partial charge in [-0.2, -0.15) is 0 Å². The summed E-state index contributed by atoms with van der Waals surface area (Å²) in [4.78, 5) is 10.3. The minimum absolute atomic E-state index is 0.125. The number of carbonyl (C=O) groups is 1. The SMILES string of the molecule is CC(C)[C@H](NP)C(=O)O. The van der Waals surface area contributed by atoms with Crippen LogP contribution in [0.1, 0.15) is 13.8 Å². The molecule has 3 nitrogen and oxygen atoms in total. The lowest BCUT2D eigenvalue weighted by molar-refractivity contribution is -0.139. The van der Waals surface area contributed by atoms with E-state index in [1.165, 1.54) is 0 Å². The van der Waals surface area contributed by atoms with E-state index in [0.717, 1.165) is 0 Å². The van der Waals surface area contributed by atoms with Crippen LogP contribution < -0.4 is 5.09 Å². The summed E-state index contributed by atoms with van der Waals surface area (Å²) in [6.07, 6.45) is 0. The molecular weight excluding hydrogens is 137 g/mol. The first-order valence-corrected chi connectivity index (χ1v) is 3.36. The van der Waals surface area contributed by atoms with E-state index in [9.17, 15) is 4.79 Å². The van der Waals surface area contributed by atoms with Gasteiger partial charge in [0.1, 0.15) is 6.04 Å². The molecule has 0 aromatic heterocycles. The molecule has 0 amide bonds. The Labute approximate surface area is 57.1 Å². The molecule has 0 spiro atoms. The van der Waals surface area contributed by atoms with Gasteiger partial charge in [0.05, 0.1) is 0 Å².